The van der Waals surface area contributed by atoms with Crippen LogP contribution >= 0.6 is 22.7 Å². The van der Waals surface area contributed by atoms with Gasteiger partial charge in [0.1, 0.15) is 0 Å². The van der Waals surface area contributed by atoms with Gasteiger partial charge in [-0.25, -0.2) is 4.98 Å². The van der Waals surface area contributed by atoms with Gasteiger partial charge in [-0.1, -0.05) is 6.07 Å². The Kier molecular flexibility index (Phi) is 4.15. The monoisotopic (exact) mass is 293 g/mol. The summed E-state index contributed by atoms with van der Waals surface area (Å²) >= 11 is 3.59. The highest BCUT2D eigenvalue weighted by molar-refractivity contribution is 7.15. The number of hydrogen-bond acceptors (Lipinski definition) is 5. The topological polar surface area (TPSA) is 28.2 Å². The van der Waals surface area contributed by atoms with Crippen LogP contribution < -0.4 is 5.32 Å². The van der Waals surface area contributed by atoms with Crippen molar-refractivity contribution in [2.75, 3.05) is 25.0 Å². The third kappa shape index (κ3) is 3.16. The minimum absolute atomic E-state index is 0.492. The van der Waals surface area contributed by atoms with E-state index in [1.165, 1.54) is 35.7 Å². The number of hydrogen-bond donors (Lipinski definition) is 1. The number of rotatable bonds is 5. The Morgan fingerprint density at radius 1 is 1.42 bits per heavy atom. The predicted octanol–water partition coefficient (Wildman–Crippen LogP) is 3.76. The average Bonchev–Trinajstić information content (AvgIpc) is 3.11. The summed E-state index contributed by atoms with van der Waals surface area (Å²) in [7, 11) is 0. The lowest BCUT2D eigenvalue weighted by Crippen LogP contribution is -2.30. The molecule has 0 radical (unpaired) electrons. The molecule has 0 amide bonds. The van der Waals surface area contributed by atoms with Crippen molar-refractivity contribution in [1.29, 1.82) is 0 Å². The molecule has 3 rings (SSSR count). The lowest BCUT2D eigenvalue weighted by Gasteiger charge is -2.26. The van der Waals surface area contributed by atoms with Crippen LogP contribution in [0.1, 0.15) is 28.6 Å². The van der Waals surface area contributed by atoms with Gasteiger partial charge in [-0.2, -0.15) is 0 Å². The smallest absolute Gasteiger partial charge is 0.182 e. The minimum atomic E-state index is 0.492. The van der Waals surface area contributed by atoms with E-state index in [-0.39, 0.29) is 0 Å². The molecule has 1 N–H and O–H groups in total. The van der Waals surface area contributed by atoms with Crippen molar-refractivity contribution in [1.82, 2.24) is 9.88 Å². The van der Waals surface area contributed by atoms with E-state index in [2.05, 4.69) is 39.6 Å². The number of aromatic nitrogens is 1. The van der Waals surface area contributed by atoms with Crippen LogP contribution in [0.25, 0.3) is 0 Å². The van der Waals surface area contributed by atoms with Crippen molar-refractivity contribution in [2.45, 2.75) is 25.8 Å². The highest BCUT2D eigenvalue weighted by Crippen LogP contribution is 2.29. The zero-order chi connectivity index (χ0) is 13.1. The Bertz CT molecular complexity index is 501. The van der Waals surface area contributed by atoms with Crippen LogP contribution in [0.5, 0.6) is 0 Å². The number of likely N-dealkylation sites (tertiary alicyclic amines) is 1. The molecule has 1 aliphatic rings. The predicted molar refractivity (Wildman–Crippen MR) is 83.2 cm³/mol. The number of nitrogens with one attached hydrogen (secondary N) is 1. The van der Waals surface area contributed by atoms with E-state index in [1.807, 2.05) is 17.5 Å². The number of thiophene rings is 1. The van der Waals surface area contributed by atoms with E-state index in [0.717, 1.165) is 11.7 Å². The van der Waals surface area contributed by atoms with Gasteiger partial charge in [0.2, 0.25) is 0 Å². The summed E-state index contributed by atoms with van der Waals surface area (Å²) in [5.41, 5.74) is 0. The molecule has 1 fully saturated rings. The Morgan fingerprint density at radius 2 is 2.26 bits per heavy atom. The van der Waals surface area contributed by atoms with Crippen LogP contribution in [0.4, 0.5) is 5.13 Å². The van der Waals surface area contributed by atoms with Gasteiger partial charge in [0, 0.05) is 22.5 Å². The number of nitrogens with zero attached hydrogens (tertiary/aromatic N) is 2. The fourth-order valence-corrected chi connectivity index (χ4v) is 4.10. The van der Waals surface area contributed by atoms with E-state index in [9.17, 15) is 0 Å². The molecule has 0 spiro atoms. The molecular weight excluding hydrogens is 274 g/mol. The summed E-state index contributed by atoms with van der Waals surface area (Å²) in [6.07, 6.45) is 4.60. The maximum Gasteiger partial charge on any atom is 0.182 e. The van der Waals surface area contributed by atoms with E-state index < -0.39 is 0 Å². The molecule has 1 saturated heterocycles. The molecule has 1 unspecified atom stereocenters. The quantitative estimate of drug-likeness (QED) is 0.909. The third-order valence-electron chi connectivity index (χ3n) is 3.52. The second-order valence-corrected chi connectivity index (χ2v) is 7.15. The molecule has 0 aliphatic carbocycles. The Hall–Kier alpha value is -0.910. The Balaban J connectivity index is 1.68. The molecule has 0 aromatic carbocycles. The molecule has 0 saturated carbocycles. The molecular formula is C14H19N3S2. The van der Waals surface area contributed by atoms with Gasteiger partial charge in [-0.15, -0.1) is 22.7 Å². The second-order valence-electron chi connectivity index (χ2n) is 4.93. The summed E-state index contributed by atoms with van der Waals surface area (Å²) in [6, 6.07) is 4.89. The van der Waals surface area contributed by atoms with E-state index >= 15 is 0 Å². The SMILES string of the molecule is Cc1cnc(NCC(c2cccs2)N2CCCC2)s1. The first-order valence-corrected chi connectivity index (χ1v) is 8.46. The first-order valence-electron chi connectivity index (χ1n) is 6.77. The molecule has 0 bridgehead atoms. The molecule has 102 valence electrons. The summed E-state index contributed by atoms with van der Waals surface area (Å²) in [6.45, 7) is 5.50. The van der Waals surface area contributed by atoms with Crippen LogP contribution in [-0.2, 0) is 0 Å². The van der Waals surface area contributed by atoms with Gasteiger partial charge < -0.3 is 5.32 Å². The van der Waals surface area contributed by atoms with Crippen LogP contribution in [0.2, 0.25) is 0 Å². The average molecular weight is 293 g/mol. The highest BCUT2D eigenvalue weighted by Gasteiger charge is 2.24. The van der Waals surface area contributed by atoms with E-state index in [4.69, 9.17) is 0 Å². The fraction of sp³-hybridized carbons (Fsp3) is 0.500. The molecule has 3 heterocycles. The minimum Gasteiger partial charge on any atom is -0.360 e. The van der Waals surface area contributed by atoms with Crippen molar-refractivity contribution in [3.63, 3.8) is 0 Å². The lowest BCUT2D eigenvalue weighted by molar-refractivity contribution is 0.259. The van der Waals surface area contributed by atoms with Crippen molar-refractivity contribution in [3.8, 4) is 0 Å². The zero-order valence-electron chi connectivity index (χ0n) is 11.1. The van der Waals surface area contributed by atoms with E-state index in [0.29, 0.717) is 6.04 Å². The highest BCUT2D eigenvalue weighted by atomic mass is 32.1. The van der Waals surface area contributed by atoms with Crippen LogP contribution in [-0.4, -0.2) is 29.5 Å². The molecule has 1 atom stereocenters. The first kappa shape index (κ1) is 13.1. The van der Waals surface area contributed by atoms with Crippen LogP contribution in [0, 0.1) is 6.92 Å². The van der Waals surface area contributed by atoms with E-state index in [1.54, 1.807) is 11.3 Å². The van der Waals surface area contributed by atoms with Gasteiger partial charge >= 0.3 is 0 Å². The van der Waals surface area contributed by atoms with Gasteiger partial charge in [-0.05, 0) is 44.3 Å². The van der Waals surface area contributed by atoms with Gasteiger partial charge in [0.25, 0.3) is 0 Å². The molecule has 3 nitrogen and oxygen atoms in total. The van der Waals surface area contributed by atoms with Crippen LogP contribution in [0.3, 0.4) is 0 Å². The summed E-state index contributed by atoms with van der Waals surface area (Å²) < 4.78 is 0. The number of thiazole rings is 1. The molecule has 1 aliphatic heterocycles. The molecule has 2 aromatic heterocycles. The number of aryl methyl sites for hydroxylation is 1. The maximum absolute atomic E-state index is 4.39. The Morgan fingerprint density at radius 3 is 2.89 bits per heavy atom. The van der Waals surface area contributed by atoms with Gasteiger partial charge in [0.15, 0.2) is 5.13 Å². The van der Waals surface area contributed by atoms with Crippen molar-refractivity contribution in [3.05, 3.63) is 33.5 Å². The van der Waals surface area contributed by atoms with Crippen molar-refractivity contribution in [2.24, 2.45) is 0 Å². The summed E-state index contributed by atoms with van der Waals surface area (Å²) in [5, 5.41) is 6.72. The lowest BCUT2D eigenvalue weighted by atomic mass is 10.2. The summed E-state index contributed by atoms with van der Waals surface area (Å²) in [5.74, 6) is 0. The van der Waals surface area contributed by atoms with Crippen molar-refractivity contribution < 1.29 is 0 Å². The number of anilines is 1. The van der Waals surface area contributed by atoms with Crippen molar-refractivity contribution >= 4 is 27.8 Å². The first-order chi connectivity index (χ1) is 9.33. The largest absolute Gasteiger partial charge is 0.360 e. The maximum atomic E-state index is 4.39. The molecule has 19 heavy (non-hydrogen) atoms. The zero-order valence-corrected chi connectivity index (χ0v) is 12.8. The fourth-order valence-electron chi connectivity index (χ4n) is 2.56. The standard InChI is InChI=1S/C14H19N3S2/c1-11-9-15-14(19-11)16-10-12(13-5-4-8-18-13)17-6-2-3-7-17/h4-5,8-9,12H,2-3,6-7,10H2,1H3,(H,15,16). The van der Waals surface area contributed by atoms with Crippen LogP contribution in [0.15, 0.2) is 23.7 Å². The van der Waals surface area contributed by atoms with Gasteiger partial charge in [0.05, 0.1) is 6.04 Å². The van der Waals surface area contributed by atoms with Gasteiger partial charge in [-0.3, -0.25) is 4.90 Å². The normalized spacial score (nSPS) is 17.7. The second kappa shape index (κ2) is 6.03. The molecule has 2 aromatic rings. The third-order valence-corrected chi connectivity index (χ3v) is 5.36. The Labute approximate surface area is 122 Å². The molecule has 5 heteroatoms. The summed E-state index contributed by atoms with van der Waals surface area (Å²) in [4.78, 5) is 9.71.